The van der Waals surface area contributed by atoms with E-state index in [-0.39, 0.29) is 5.76 Å². The second kappa shape index (κ2) is 9.39. The molecule has 1 heterocycles. The Morgan fingerprint density at radius 2 is 1.75 bits per heavy atom. The van der Waals surface area contributed by atoms with Gasteiger partial charge in [-0.15, -0.1) is 0 Å². The van der Waals surface area contributed by atoms with Crippen molar-refractivity contribution in [2.24, 2.45) is 0 Å². The zero-order chi connectivity index (χ0) is 17.2. The highest BCUT2D eigenvalue weighted by Gasteiger charge is 2.10. The first kappa shape index (κ1) is 17.6. The van der Waals surface area contributed by atoms with Gasteiger partial charge in [-0.1, -0.05) is 26.2 Å². The molecule has 2 amide bonds. The number of carbonyl (C=O) groups excluding carboxylic acids is 2. The third-order valence-electron chi connectivity index (χ3n) is 3.42. The van der Waals surface area contributed by atoms with Gasteiger partial charge in [-0.25, -0.2) is 0 Å². The van der Waals surface area contributed by atoms with E-state index in [0.717, 1.165) is 18.6 Å². The molecule has 0 spiro atoms. The summed E-state index contributed by atoms with van der Waals surface area (Å²) in [6, 6.07) is 9.88. The molecule has 0 radical (unpaired) electrons. The lowest BCUT2D eigenvalue weighted by Crippen LogP contribution is -2.41. The molecule has 1 aromatic heterocycles. The van der Waals surface area contributed by atoms with E-state index in [9.17, 15) is 9.59 Å². The van der Waals surface area contributed by atoms with Crippen LogP contribution in [-0.2, 0) is 0 Å². The van der Waals surface area contributed by atoms with Crippen molar-refractivity contribution < 1.29 is 18.7 Å². The number of rotatable bonds is 8. The van der Waals surface area contributed by atoms with Crippen molar-refractivity contribution in [1.29, 1.82) is 0 Å². The second-order valence-corrected chi connectivity index (χ2v) is 5.32. The normalized spacial score (nSPS) is 10.2. The van der Waals surface area contributed by atoms with Gasteiger partial charge in [-0.2, -0.15) is 0 Å². The first-order valence-corrected chi connectivity index (χ1v) is 8.07. The molecule has 2 aromatic rings. The van der Waals surface area contributed by atoms with Gasteiger partial charge in [0.1, 0.15) is 5.75 Å². The standard InChI is InChI=1S/C18H22N2O4/c1-2-3-4-5-12-23-15-10-8-14(9-11-15)17(21)19-20-18(22)16-7-6-13-24-16/h6-11,13H,2-5,12H2,1H3,(H,19,21)(H,20,22). The number of furan rings is 1. The van der Waals surface area contributed by atoms with Gasteiger partial charge in [0.25, 0.3) is 5.91 Å². The van der Waals surface area contributed by atoms with Gasteiger partial charge in [-0.3, -0.25) is 20.4 Å². The zero-order valence-electron chi connectivity index (χ0n) is 13.7. The minimum absolute atomic E-state index is 0.127. The number of amides is 2. The fraction of sp³-hybridized carbons (Fsp3) is 0.333. The highest BCUT2D eigenvalue weighted by Crippen LogP contribution is 2.13. The van der Waals surface area contributed by atoms with Crippen LogP contribution in [0.4, 0.5) is 0 Å². The molecule has 2 rings (SSSR count). The molecule has 6 nitrogen and oxygen atoms in total. The van der Waals surface area contributed by atoms with E-state index in [1.54, 1.807) is 30.3 Å². The fourth-order valence-corrected chi connectivity index (χ4v) is 2.08. The summed E-state index contributed by atoms with van der Waals surface area (Å²) in [7, 11) is 0. The number of unbranched alkanes of at least 4 members (excludes halogenated alkanes) is 3. The summed E-state index contributed by atoms with van der Waals surface area (Å²) in [4.78, 5) is 23.6. The Morgan fingerprint density at radius 3 is 2.42 bits per heavy atom. The Bertz CT molecular complexity index is 636. The summed E-state index contributed by atoms with van der Waals surface area (Å²) in [5.41, 5.74) is 5.05. The van der Waals surface area contributed by atoms with Crippen molar-refractivity contribution >= 4 is 11.8 Å². The summed E-state index contributed by atoms with van der Waals surface area (Å²) in [5, 5.41) is 0. The van der Waals surface area contributed by atoms with Crippen molar-refractivity contribution in [1.82, 2.24) is 10.9 Å². The van der Waals surface area contributed by atoms with Crippen LogP contribution in [0, 0.1) is 0 Å². The van der Waals surface area contributed by atoms with Crippen LogP contribution in [0.15, 0.2) is 47.1 Å². The molecule has 0 saturated heterocycles. The van der Waals surface area contributed by atoms with E-state index in [1.807, 2.05) is 0 Å². The summed E-state index contributed by atoms with van der Waals surface area (Å²) in [5.74, 6) is -0.0745. The highest BCUT2D eigenvalue weighted by molar-refractivity contribution is 5.97. The first-order chi connectivity index (χ1) is 11.7. The average molecular weight is 330 g/mol. The van der Waals surface area contributed by atoms with Crippen LogP contribution in [-0.4, -0.2) is 18.4 Å². The maximum absolute atomic E-state index is 12.0. The van der Waals surface area contributed by atoms with E-state index >= 15 is 0 Å². The molecule has 2 N–H and O–H groups in total. The third kappa shape index (κ3) is 5.46. The molecule has 24 heavy (non-hydrogen) atoms. The minimum Gasteiger partial charge on any atom is -0.494 e. The number of hydrogen-bond acceptors (Lipinski definition) is 4. The smallest absolute Gasteiger partial charge is 0.305 e. The van der Waals surface area contributed by atoms with Crippen LogP contribution in [0.3, 0.4) is 0 Å². The molecule has 0 aliphatic carbocycles. The number of hydrogen-bond donors (Lipinski definition) is 2. The van der Waals surface area contributed by atoms with Gasteiger partial charge >= 0.3 is 5.91 Å². The maximum atomic E-state index is 12.0. The Labute approximate surface area is 141 Å². The summed E-state index contributed by atoms with van der Waals surface area (Å²) in [6.45, 7) is 2.84. The second-order valence-electron chi connectivity index (χ2n) is 5.32. The topological polar surface area (TPSA) is 80.6 Å². The van der Waals surface area contributed by atoms with Crippen LogP contribution >= 0.6 is 0 Å². The van der Waals surface area contributed by atoms with Crippen molar-refractivity contribution in [3.05, 3.63) is 54.0 Å². The average Bonchev–Trinajstić information content (AvgIpc) is 3.14. The van der Waals surface area contributed by atoms with Gasteiger partial charge in [-0.05, 0) is 42.8 Å². The molecule has 0 saturated carbocycles. The number of nitrogens with one attached hydrogen (secondary N) is 2. The number of carbonyl (C=O) groups is 2. The maximum Gasteiger partial charge on any atom is 0.305 e. The summed E-state index contributed by atoms with van der Waals surface area (Å²) in [6.07, 6.45) is 5.98. The van der Waals surface area contributed by atoms with Gasteiger partial charge in [0.15, 0.2) is 5.76 Å². The molecule has 0 unspecified atom stereocenters. The van der Waals surface area contributed by atoms with E-state index in [1.165, 1.54) is 25.2 Å². The summed E-state index contributed by atoms with van der Waals surface area (Å²) < 4.78 is 10.6. The largest absolute Gasteiger partial charge is 0.494 e. The quantitative estimate of drug-likeness (QED) is 0.575. The molecule has 128 valence electrons. The number of ether oxygens (including phenoxy) is 1. The number of benzene rings is 1. The number of hydrazine groups is 1. The van der Waals surface area contributed by atoms with Crippen LogP contribution in [0.2, 0.25) is 0 Å². The minimum atomic E-state index is -0.514. The van der Waals surface area contributed by atoms with Crippen LogP contribution in [0.25, 0.3) is 0 Å². The lowest BCUT2D eigenvalue weighted by Gasteiger charge is -2.08. The lowest BCUT2D eigenvalue weighted by molar-refractivity contribution is 0.0831. The lowest BCUT2D eigenvalue weighted by atomic mass is 10.2. The van der Waals surface area contributed by atoms with Crippen molar-refractivity contribution in [3.8, 4) is 5.75 Å². The highest BCUT2D eigenvalue weighted by atomic mass is 16.5. The predicted molar refractivity (Wildman–Crippen MR) is 89.7 cm³/mol. The van der Waals surface area contributed by atoms with Gasteiger partial charge in [0, 0.05) is 5.56 Å². The Kier molecular flexibility index (Phi) is 6.89. The molecule has 6 heteroatoms. The fourth-order valence-electron chi connectivity index (χ4n) is 2.08. The van der Waals surface area contributed by atoms with Crippen molar-refractivity contribution in [3.63, 3.8) is 0 Å². The van der Waals surface area contributed by atoms with Crippen molar-refractivity contribution in [2.75, 3.05) is 6.61 Å². The van der Waals surface area contributed by atoms with E-state index in [0.29, 0.717) is 12.2 Å². The molecule has 0 aliphatic heterocycles. The molecule has 0 aliphatic rings. The molecule has 1 aromatic carbocycles. The summed E-state index contributed by atoms with van der Waals surface area (Å²) >= 11 is 0. The van der Waals surface area contributed by atoms with Gasteiger partial charge in [0.05, 0.1) is 12.9 Å². The van der Waals surface area contributed by atoms with Crippen LogP contribution in [0.5, 0.6) is 5.75 Å². The van der Waals surface area contributed by atoms with Gasteiger partial charge in [0.2, 0.25) is 0 Å². The monoisotopic (exact) mass is 330 g/mol. The van der Waals surface area contributed by atoms with Crippen LogP contribution in [0.1, 0.15) is 53.5 Å². The molecular weight excluding hydrogens is 308 g/mol. The molecule has 0 bridgehead atoms. The Morgan fingerprint density at radius 1 is 1.00 bits per heavy atom. The molecule has 0 atom stereocenters. The first-order valence-electron chi connectivity index (χ1n) is 8.07. The van der Waals surface area contributed by atoms with E-state index in [2.05, 4.69) is 17.8 Å². The van der Waals surface area contributed by atoms with E-state index < -0.39 is 11.8 Å². The Balaban J connectivity index is 1.75. The van der Waals surface area contributed by atoms with E-state index in [4.69, 9.17) is 9.15 Å². The predicted octanol–water partition coefficient (Wildman–Crippen LogP) is 3.31. The third-order valence-corrected chi connectivity index (χ3v) is 3.42. The van der Waals surface area contributed by atoms with Crippen LogP contribution < -0.4 is 15.6 Å². The SMILES string of the molecule is CCCCCCOc1ccc(C(=O)NNC(=O)c2ccco2)cc1. The molecular formula is C18H22N2O4. The zero-order valence-corrected chi connectivity index (χ0v) is 13.7. The van der Waals surface area contributed by atoms with Crippen molar-refractivity contribution in [2.45, 2.75) is 32.6 Å². The molecule has 0 fully saturated rings. The Hall–Kier alpha value is -2.76. The van der Waals surface area contributed by atoms with Gasteiger partial charge < -0.3 is 9.15 Å².